The van der Waals surface area contributed by atoms with Gasteiger partial charge in [0.2, 0.25) is 5.75 Å². The molecule has 0 fully saturated rings. The Bertz CT molecular complexity index is 429. The van der Waals surface area contributed by atoms with Gasteiger partial charge in [0.1, 0.15) is 12.4 Å². The molecule has 6 nitrogen and oxygen atoms in total. The summed E-state index contributed by atoms with van der Waals surface area (Å²) in [5, 5.41) is 19.2. The topological polar surface area (TPSA) is 81.8 Å². The molecule has 0 bridgehead atoms. The van der Waals surface area contributed by atoms with Crippen LogP contribution in [0.25, 0.3) is 0 Å². The van der Waals surface area contributed by atoms with Crippen molar-refractivity contribution in [3.63, 3.8) is 0 Å². The minimum Gasteiger partial charge on any atom is -0.484 e. The number of nitro groups is 1. The molecule has 0 saturated heterocycles. The molecule has 1 aromatic carbocycles. The van der Waals surface area contributed by atoms with E-state index in [2.05, 4.69) is 15.9 Å². The summed E-state index contributed by atoms with van der Waals surface area (Å²) >= 11 is 3.00. The fourth-order valence-corrected chi connectivity index (χ4v) is 1.73. The third kappa shape index (κ3) is 4.21. The summed E-state index contributed by atoms with van der Waals surface area (Å²) in [7, 11) is 0. The van der Waals surface area contributed by atoms with Crippen molar-refractivity contribution < 1.29 is 23.9 Å². The summed E-state index contributed by atoms with van der Waals surface area (Å²) in [5.74, 6) is -0.772. The zero-order valence-corrected chi connectivity index (χ0v) is 10.9. The van der Waals surface area contributed by atoms with E-state index in [9.17, 15) is 14.5 Å². The molecule has 0 amide bonds. The van der Waals surface area contributed by atoms with Crippen molar-refractivity contribution in [2.75, 3.05) is 26.4 Å². The minimum atomic E-state index is -0.725. The predicted molar refractivity (Wildman–Crippen MR) is 64.2 cm³/mol. The van der Waals surface area contributed by atoms with E-state index in [4.69, 9.17) is 14.6 Å². The number of ether oxygens (including phenoxy) is 2. The highest BCUT2D eigenvalue weighted by Gasteiger charge is 2.20. The molecule has 8 heteroatoms. The largest absolute Gasteiger partial charge is 0.484 e. The van der Waals surface area contributed by atoms with E-state index >= 15 is 0 Å². The summed E-state index contributed by atoms with van der Waals surface area (Å²) in [6, 6.07) is 1.87. The van der Waals surface area contributed by atoms with Crippen LogP contribution in [-0.2, 0) is 4.74 Å². The first-order chi connectivity index (χ1) is 8.56. The maximum atomic E-state index is 13.0. The van der Waals surface area contributed by atoms with Crippen LogP contribution in [0.3, 0.4) is 0 Å². The molecular formula is C10H11BrFNO5. The highest BCUT2D eigenvalue weighted by molar-refractivity contribution is 9.10. The van der Waals surface area contributed by atoms with Gasteiger partial charge in [0, 0.05) is 0 Å². The lowest BCUT2D eigenvalue weighted by molar-refractivity contribution is -0.386. The molecule has 1 N–H and O–H groups in total. The van der Waals surface area contributed by atoms with E-state index in [0.29, 0.717) is 0 Å². The Morgan fingerprint density at radius 2 is 2.11 bits per heavy atom. The monoisotopic (exact) mass is 323 g/mol. The van der Waals surface area contributed by atoms with E-state index in [-0.39, 0.29) is 36.6 Å². The molecule has 0 radical (unpaired) electrons. The number of nitro benzene ring substituents is 1. The van der Waals surface area contributed by atoms with Gasteiger partial charge in [-0.25, -0.2) is 4.39 Å². The van der Waals surface area contributed by atoms with Crippen molar-refractivity contribution in [2.24, 2.45) is 0 Å². The van der Waals surface area contributed by atoms with Crippen LogP contribution in [0.1, 0.15) is 0 Å². The molecule has 1 aromatic rings. The molecule has 0 atom stereocenters. The first-order valence-electron chi connectivity index (χ1n) is 5.01. The maximum absolute atomic E-state index is 13.0. The summed E-state index contributed by atoms with van der Waals surface area (Å²) in [4.78, 5) is 10.0. The van der Waals surface area contributed by atoms with Crippen LogP contribution in [-0.4, -0.2) is 36.5 Å². The average molecular weight is 324 g/mol. The van der Waals surface area contributed by atoms with E-state index in [0.717, 1.165) is 12.1 Å². The Morgan fingerprint density at radius 1 is 1.39 bits per heavy atom. The second-order valence-corrected chi connectivity index (χ2v) is 4.03. The van der Waals surface area contributed by atoms with Crippen molar-refractivity contribution in [1.82, 2.24) is 0 Å². The van der Waals surface area contributed by atoms with Gasteiger partial charge in [-0.05, 0) is 22.0 Å². The lowest BCUT2D eigenvalue weighted by Crippen LogP contribution is -2.10. The molecule has 0 aliphatic heterocycles. The zero-order chi connectivity index (χ0) is 13.5. The lowest BCUT2D eigenvalue weighted by atomic mass is 10.3. The SMILES string of the molecule is O=[N+]([O-])c1cc(F)cc(Br)c1OCCOCCO. The Kier molecular flexibility index (Phi) is 5.96. The molecule has 0 aliphatic rings. The normalized spacial score (nSPS) is 10.4. The van der Waals surface area contributed by atoms with Gasteiger partial charge in [-0.15, -0.1) is 0 Å². The van der Waals surface area contributed by atoms with Gasteiger partial charge in [-0.1, -0.05) is 0 Å². The zero-order valence-electron chi connectivity index (χ0n) is 9.27. The number of nitrogens with zero attached hydrogens (tertiary/aromatic N) is 1. The number of aliphatic hydroxyl groups is 1. The van der Waals surface area contributed by atoms with Gasteiger partial charge < -0.3 is 14.6 Å². The summed E-state index contributed by atoms with van der Waals surface area (Å²) < 4.78 is 23.3. The molecule has 100 valence electrons. The first kappa shape index (κ1) is 14.8. The third-order valence-electron chi connectivity index (χ3n) is 1.90. The number of hydrogen-bond donors (Lipinski definition) is 1. The second-order valence-electron chi connectivity index (χ2n) is 3.18. The molecule has 0 unspecified atom stereocenters. The summed E-state index contributed by atoms with van der Waals surface area (Å²) in [5.41, 5.74) is -0.455. The van der Waals surface area contributed by atoms with Crippen molar-refractivity contribution in [3.05, 3.63) is 32.5 Å². The second kappa shape index (κ2) is 7.24. The van der Waals surface area contributed by atoms with Crippen molar-refractivity contribution in [3.8, 4) is 5.75 Å². The fraction of sp³-hybridized carbons (Fsp3) is 0.400. The van der Waals surface area contributed by atoms with E-state index in [1.807, 2.05) is 0 Å². The van der Waals surface area contributed by atoms with Gasteiger partial charge in [0.15, 0.2) is 0 Å². The fourth-order valence-electron chi connectivity index (χ4n) is 1.19. The smallest absolute Gasteiger partial charge is 0.315 e. The molecule has 1 rings (SSSR count). The molecular weight excluding hydrogens is 313 g/mol. The Labute approximate surface area is 111 Å². The Hall–Kier alpha value is -1.25. The van der Waals surface area contributed by atoms with Crippen LogP contribution < -0.4 is 4.74 Å². The molecule has 0 saturated carbocycles. The Morgan fingerprint density at radius 3 is 2.72 bits per heavy atom. The van der Waals surface area contributed by atoms with Crippen LogP contribution in [0.4, 0.5) is 10.1 Å². The predicted octanol–water partition coefficient (Wildman–Crippen LogP) is 1.88. The number of rotatable bonds is 7. The van der Waals surface area contributed by atoms with E-state index < -0.39 is 16.4 Å². The van der Waals surface area contributed by atoms with Crippen LogP contribution >= 0.6 is 15.9 Å². The quantitative estimate of drug-likeness (QED) is 0.470. The number of hydrogen-bond acceptors (Lipinski definition) is 5. The average Bonchev–Trinajstić information content (AvgIpc) is 2.30. The van der Waals surface area contributed by atoms with Gasteiger partial charge in [-0.2, -0.15) is 0 Å². The van der Waals surface area contributed by atoms with Crippen LogP contribution in [0, 0.1) is 15.9 Å². The molecule has 0 spiro atoms. The third-order valence-corrected chi connectivity index (χ3v) is 2.48. The van der Waals surface area contributed by atoms with Crippen LogP contribution in [0.15, 0.2) is 16.6 Å². The van der Waals surface area contributed by atoms with E-state index in [1.54, 1.807) is 0 Å². The summed E-state index contributed by atoms with van der Waals surface area (Å²) in [6.07, 6.45) is 0. The summed E-state index contributed by atoms with van der Waals surface area (Å²) in [6.45, 7) is 0.281. The van der Waals surface area contributed by atoms with Gasteiger partial charge in [0.05, 0.1) is 35.3 Å². The minimum absolute atomic E-state index is 0.0472. The van der Waals surface area contributed by atoms with Gasteiger partial charge in [0.25, 0.3) is 0 Å². The molecule has 0 aromatic heterocycles. The van der Waals surface area contributed by atoms with Crippen molar-refractivity contribution >= 4 is 21.6 Å². The number of aliphatic hydroxyl groups excluding tert-OH is 1. The number of halogens is 2. The first-order valence-corrected chi connectivity index (χ1v) is 5.80. The van der Waals surface area contributed by atoms with Gasteiger partial charge in [-0.3, -0.25) is 10.1 Å². The number of benzene rings is 1. The lowest BCUT2D eigenvalue weighted by Gasteiger charge is -2.09. The highest BCUT2D eigenvalue weighted by atomic mass is 79.9. The van der Waals surface area contributed by atoms with Crippen LogP contribution in [0.2, 0.25) is 0 Å². The van der Waals surface area contributed by atoms with Crippen molar-refractivity contribution in [1.29, 1.82) is 0 Å². The molecule has 18 heavy (non-hydrogen) atoms. The Balaban J connectivity index is 2.71. The highest BCUT2D eigenvalue weighted by Crippen LogP contribution is 2.35. The maximum Gasteiger partial charge on any atom is 0.315 e. The van der Waals surface area contributed by atoms with E-state index in [1.165, 1.54) is 0 Å². The standard InChI is InChI=1S/C10H11BrFNO5/c11-8-5-7(12)6-9(13(15)16)10(8)18-4-3-17-2-1-14/h5-6,14H,1-4H2. The molecule has 0 heterocycles. The van der Waals surface area contributed by atoms with Crippen LogP contribution in [0.5, 0.6) is 5.75 Å². The van der Waals surface area contributed by atoms with Crippen molar-refractivity contribution in [2.45, 2.75) is 0 Å². The molecule has 0 aliphatic carbocycles. The van der Waals surface area contributed by atoms with Gasteiger partial charge >= 0.3 is 5.69 Å².